The maximum absolute atomic E-state index is 14.1. The molecular weight excluding hydrogens is 274 g/mol. The highest BCUT2D eigenvalue weighted by Gasteiger charge is 2.13. The molecule has 0 aliphatic heterocycles. The van der Waals surface area contributed by atoms with Gasteiger partial charge in [-0.1, -0.05) is 18.2 Å². The van der Waals surface area contributed by atoms with Gasteiger partial charge in [0.15, 0.2) is 0 Å². The maximum atomic E-state index is 14.1. The van der Waals surface area contributed by atoms with Gasteiger partial charge >= 0.3 is 0 Å². The monoisotopic (exact) mass is 282 g/mol. The van der Waals surface area contributed by atoms with Crippen molar-refractivity contribution in [2.45, 2.75) is 0 Å². The minimum atomic E-state index is -0.533. The molecule has 1 aromatic heterocycles. The Kier molecular flexibility index (Phi) is 2.36. The van der Waals surface area contributed by atoms with Gasteiger partial charge in [0.05, 0.1) is 10.8 Å². The lowest BCUT2D eigenvalue weighted by Crippen LogP contribution is -2.04. The van der Waals surface area contributed by atoms with Crippen LogP contribution in [0.25, 0.3) is 32.7 Å². The van der Waals surface area contributed by atoms with Crippen LogP contribution in [-0.2, 0) is 0 Å². The Labute approximate surface area is 117 Å². The largest absolute Gasteiger partial charge is 0.456 e. The lowest BCUT2D eigenvalue weighted by atomic mass is 10.0. The van der Waals surface area contributed by atoms with Crippen molar-refractivity contribution in [3.05, 3.63) is 70.4 Å². The molecule has 0 saturated heterocycles. The van der Waals surface area contributed by atoms with Crippen LogP contribution in [0.2, 0.25) is 0 Å². The Morgan fingerprint density at radius 3 is 2.52 bits per heavy atom. The molecule has 0 aliphatic rings. The smallest absolute Gasteiger partial charge is 0.201 e. The van der Waals surface area contributed by atoms with Gasteiger partial charge in [0.25, 0.3) is 0 Å². The van der Waals surface area contributed by atoms with Crippen LogP contribution >= 0.6 is 0 Å². The second kappa shape index (κ2) is 4.12. The van der Waals surface area contributed by atoms with E-state index in [1.54, 1.807) is 24.3 Å². The molecule has 4 rings (SSSR count). The summed E-state index contributed by atoms with van der Waals surface area (Å²) >= 11 is 0. The highest BCUT2D eigenvalue weighted by molar-refractivity contribution is 6.08. The number of fused-ring (bicyclic) bond motifs is 4. The molecule has 0 N–H and O–H groups in total. The summed E-state index contributed by atoms with van der Waals surface area (Å²) in [6.07, 6.45) is 0. The fraction of sp³-hybridized carbons (Fsp3) is 0. The van der Waals surface area contributed by atoms with Gasteiger partial charge in [-0.15, -0.1) is 0 Å². The normalized spacial score (nSPS) is 11.5. The van der Waals surface area contributed by atoms with Gasteiger partial charge in [-0.05, 0) is 35.7 Å². The molecule has 0 aliphatic carbocycles. The third-order valence-electron chi connectivity index (χ3n) is 3.59. The highest BCUT2D eigenvalue weighted by Crippen LogP contribution is 2.28. The van der Waals surface area contributed by atoms with Crippen LogP contribution in [0.5, 0.6) is 0 Å². The van der Waals surface area contributed by atoms with E-state index in [2.05, 4.69) is 0 Å². The van der Waals surface area contributed by atoms with Crippen molar-refractivity contribution in [1.82, 2.24) is 0 Å². The molecule has 0 fully saturated rings. The van der Waals surface area contributed by atoms with Crippen molar-refractivity contribution in [3.8, 4) is 0 Å². The molecule has 102 valence electrons. The van der Waals surface area contributed by atoms with Crippen LogP contribution in [0.4, 0.5) is 8.78 Å². The van der Waals surface area contributed by atoms with E-state index in [-0.39, 0.29) is 27.3 Å². The Hall–Kier alpha value is -2.75. The first-order chi connectivity index (χ1) is 10.1. The molecule has 1 heterocycles. The molecule has 0 spiro atoms. The van der Waals surface area contributed by atoms with E-state index in [1.165, 1.54) is 18.2 Å². The lowest BCUT2D eigenvalue weighted by Gasteiger charge is -2.05. The van der Waals surface area contributed by atoms with E-state index in [1.807, 2.05) is 0 Å². The van der Waals surface area contributed by atoms with E-state index in [0.29, 0.717) is 5.39 Å². The molecule has 0 amide bonds. The minimum absolute atomic E-state index is 0.109. The summed E-state index contributed by atoms with van der Waals surface area (Å²) in [4.78, 5) is 12.6. The summed E-state index contributed by atoms with van der Waals surface area (Å²) in [6, 6.07) is 11.6. The van der Waals surface area contributed by atoms with Gasteiger partial charge in [0.1, 0.15) is 22.8 Å². The first kappa shape index (κ1) is 12.0. The Balaban J connectivity index is 2.36. The van der Waals surface area contributed by atoms with Gasteiger partial charge in [-0.3, -0.25) is 4.79 Å². The molecule has 0 unspecified atom stereocenters. The van der Waals surface area contributed by atoms with Crippen molar-refractivity contribution >= 4 is 32.7 Å². The summed E-state index contributed by atoms with van der Waals surface area (Å²) in [6.45, 7) is 0. The van der Waals surface area contributed by atoms with Crippen molar-refractivity contribution < 1.29 is 13.2 Å². The van der Waals surface area contributed by atoms with Crippen LogP contribution in [-0.4, -0.2) is 0 Å². The predicted molar refractivity (Wildman–Crippen MR) is 77.4 cm³/mol. The van der Waals surface area contributed by atoms with Crippen LogP contribution in [0.15, 0.2) is 57.7 Å². The number of halogens is 2. The number of rotatable bonds is 0. The first-order valence-electron chi connectivity index (χ1n) is 6.38. The fourth-order valence-electron chi connectivity index (χ4n) is 2.65. The molecule has 0 saturated carbocycles. The third kappa shape index (κ3) is 1.65. The molecule has 0 radical (unpaired) electrons. The summed E-state index contributed by atoms with van der Waals surface area (Å²) < 4.78 is 33.1. The predicted octanol–water partition coefficient (Wildman–Crippen LogP) is 4.38. The van der Waals surface area contributed by atoms with Gasteiger partial charge in [0.2, 0.25) is 5.43 Å². The summed E-state index contributed by atoms with van der Waals surface area (Å²) in [5, 5.41) is 1.06. The zero-order valence-corrected chi connectivity index (χ0v) is 10.7. The Morgan fingerprint density at radius 1 is 0.857 bits per heavy atom. The third-order valence-corrected chi connectivity index (χ3v) is 3.59. The zero-order chi connectivity index (χ0) is 14.6. The van der Waals surface area contributed by atoms with Crippen molar-refractivity contribution in [3.63, 3.8) is 0 Å². The second-order valence-electron chi connectivity index (χ2n) is 4.85. The Bertz CT molecular complexity index is 1080. The molecule has 3 aromatic carbocycles. The Morgan fingerprint density at radius 2 is 1.67 bits per heavy atom. The summed E-state index contributed by atoms with van der Waals surface area (Å²) in [5.41, 5.74) is 0.141. The van der Waals surface area contributed by atoms with E-state index in [9.17, 15) is 13.6 Å². The SMILES string of the molecule is O=c1c2cc(F)ccc2oc2ccc3cccc(F)c3c12. The van der Waals surface area contributed by atoms with Gasteiger partial charge < -0.3 is 4.42 Å². The maximum Gasteiger partial charge on any atom is 0.201 e. The highest BCUT2D eigenvalue weighted by atomic mass is 19.1. The summed E-state index contributed by atoms with van der Waals surface area (Å²) in [5.74, 6) is -1.03. The molecule has 2 nitrogen and oxygen atoms in total. The van der Waals surface area contributed by atoms with E-state index < -0.39 is 17.1 Å². The van der Waals surface area contributed by atoms with Gasteiger partial charge in [-0.25, -0.2) is 8.78 Å². The molecule has 21 heavy (non-hydrogen) atoms. The molecule has 0 bridgehead atoms. The number of hydrogen-bond acceptors (Lipinski definition) is 2. The van der Waals surface area contributed by atoms with Crippen LogP contribution < -0.4 is 5.43 Å². The quantitative estimate of drug-likeness (QED) is 0.354. The average Bonchev–Trinajstić information content (AvgIpc) is 2.48. The van der Waals surface area contributed by atoms with E-state index in [4.69, 9.17) is 4.42 Å². The van der Waals surface area contributed by atoms with Crippen molar-refractivity contribution in [2.75, 3.05) is 0 Å². The first-order valence-corrected chi connectivity index (χ1v) is 6.38. The van der Waals surface area contributed by atoms with Crippen molar-refractivity contribution in [2.24, 2.45) is 0 Å². The topological polar surface area (TPSA) is 30.2 Å². The number of benzene rings is 3. The van der Waals surface area contributed by atoms with E-state index >= 15 is 0 Å². The second-order valence-corrected chi connectivity index (χ2v) is 4.85. The van der Waals surface area contributed by atoms with Gasteiger partial charge in [-0.2, -0.15) is 0 Å². The van der Waals surface area contributed by atoms with E-state index in [0.717, 1.165) is 6.07 Å². The standard InChI is InChI=1S/C17H8F2O2/c18-10-5-7-13-11(8-10)17(20)16-14(21-13)6-4-9-2-1-3-12(19)15(9)16/h1-8H. The molecule has 4 aromatic rings. The fourth-order valence-corrected chi connectivity index (χ4v) is 2.65. The minimum Gasteiger partial charge on any atom is -0.456 e. The molecule has 0 atom stereocenters. The molecular formula is C17H8F2O2. The lowest BCUT2D eigenvalue weighted by molar-refractivity contribution is 0.623. The van der Waals surface area contributed by atoms with Gasteiger partial charge in [0, 0.05) is 5.39 Å². The zero-order valence-electron chi connectivity index (χ0n) is 10.7. The van der Waals surface area contributed by atoms with Crippen LogP contribution in [0, 0.1) is 11.6 Å². The van der Waals surface area contributed by atoms with Crippen LogP contribution in [0.1, 0.15) is 0 Å². The number of hydrogen-bond donors (Lipinski definition) is 0. The van der Waals surface area contributed by atoms with Crippen LogP contribution in [0.3, 0.4) is 0 Å². The summed E-state index contributed by atoms with van der Waals surface area (Å²) in [7, 11) is 0. The molecule has 4 heteroatoms. The average molecular weight is 282 g/mol. The van der Waals surface area contributed by atoms with Crippen molar-refractivity contribution in [1.29, 1.82) is 0 Å².